The molecule has 1 aliphatic rings. The number of halogens is 2. The van der Waals surface area contributed by atoms with Gasteiger partial charge in [0.2, 0.25) is 5.91 Å². The standard InChI is InChI=1S/C25H23F2N3O3/c26-25(27)33-22-6-2-1-4-20(22)24(32)30-15-3-5-21(30)23(31)29-19-9-7-17(8-10-19)16-18-11-13-28-14-12-18/h1-2,4,6-14,21,25H,3,5,15-16H2,(H,29,31). The highest BCUT2D eigenvalue weighted by molar-refractivity contribution is 6.02. The number of amides is 2. The number of ether oxygens (including phenoxy) is 1. The lowest BCUT2D eigenvalue weighted by molar-refractivity contribution is -0.119. The van der Waals surface area contributed by atoms with Crippen LogP contribution < -0.4 is 10.1 Å². The molecule has 4 rings (SSSR count). The summed E-state index contributed by atoms with van der Waals surface area (Å²) in [6.45, 7) is -2.68. The van der Waals surface area contributed by atoms with E-state index in [1.165, 1.54) is 23.1 Å². The molecule has 2 heterocycles. The first kappa shape index (κ1) is 22.4. The summed E-state index contributed by atoms with van der Waals surface area (Å²) in [6, 6.07) is 16.6. The second-order valence-corrected chi connectivity index (χ2v) is 7.75. The molecule has 170 valence electrons. The predicted octanol–water partition coefficient (Wildman–Crippen LogP) is 4.52. The van der Waals surface area contributed by atoms with E-state index in [9.17, 15) is 18.4 Å². The molecule has 0 saturated carbocycles. The van der Waals surface area contributed by atoms with Crippen molar-refractivity contribution in [3.8, 4) is 5.75 Å². The molecule has 0 spiro atoms. The summed E-state index contributed by atoms with van der Waals surface area (Å²) < 4.78 is 29.9. The molecule has 1 aliphatic heterocycles. The average molecular weight is 451 g/mol. The van der Waals surface area contributed by atoms with Crippen molar-refractivity contribution >= 4 is 17.5 Å². The first-order chi connectivity index (χ1) is 16.0. The molecule has 3 aromatic rings. The Morgan fingerprint density at radius 3 is 2.45 bits per heavy atom. The van der Waals surface area contributed by atoms with Gasteiger partial charge in [-0.25, -0.2) is 0 Å². The van der Waals surface area contributed by atoms with Crippen LogP contribution in [-0.2, 0) is 11.2 Å². The van der Waals surface area contributed by atoms with E-state index in [1.54, 1.807) is 18.5 Å². The fourth-order valence-corrected chi connectivity index (χ4v) is 3.95. The van der Waals surface area contributed by atoms with Gasteiger partial charge in [0.1, 0.15) is 11.8 Å². The molecular weight excluding hydrogens is 428 g/mol. The fraction of sp³-hybridized carbons (Fsp3) is 0.240. The quantitative estimate of drug-likeness (QED) is 0.574. The number of alkyl halides is 2. The molecule has 1 atom stereocenters. The number of para-hydroxylation sites is 1. The SMILES string of the molecule is O=C(Nc1ccc(Cc2ccncc2)cc1)C1CCCN1C(=O)c1ccccc1OC(F)F. The highest BCUT2D eigenvalue weighted by atomic mass is 19.3. The second kappa shape index (κ2) is 10.2. The van der Waals surface area contributed by atoms with Crippen LogP contribution in [0.4, 0.5) is 14.5 Å². The number of hydrogen-bond acceptors (Lipinski definition) is 4. The maximum atomic E-state index is 13.1. The number of pyridine rings is 1. The van der Waals surface area contributed by atoms with Crippen molar-refractivity contribution in [2.45, 2.75) is 31.9 Å². The summed E-state index contributed by atoms with van der Waals surface area (Å²) in [7, 11) is 0. The van der Waals surface area contributed by atoms with E-state index < -0.39 is 18.6 Å². The molecule has 1 N–H and O–H groups in total. The van der Waals surface area contributed by atoms with Crippen molar-refractivity contribution in [3.05, 3.63) is 89.7 Å². The van der Waals surface area contributed by atoms with E-state index in [0.717, 1.165) is 17.5 Å². The molecule has 33 heavy (non-hydrogen) atoms. The first-order valence-electron chi connectivity index (χ1n) is 10.6. The topological polar surface area (TPSA) is 71.5 Å². The van der Waals surface area contributed by atoms with Gasteiger partial charge in [-0.2, -0.15) is 8.78 Å². The smallest absolute Gasteiger partial charge is 0.387 e. The molecular formula is C25H23F2N3O3. The van der Waals surface area contributed by atoms with Crippen molar-refractivity contribution in [2.24, 2.45) is 0 Å². The molecule has 6 nitrogen and oxygen atoms in total. The third kappa shape index (κ3) is 5.52. The van der Waals surface area contributed by atoms with Gasteiger partial charge in [0, 0.05) is 24.6 Å². The van der Waals surface area contributed by atoms with Crippen LogP contribution in [0, 0.1) is 0 Å². The third-order valence-electron chi connectivity index (χ3n) is 5.53. The van der Waals surface area contributed by atoms with Crippen molar-refractivity contribution in [3.63, 3.8) is 0 Å². The predicted molar refractivity (Wildman–Crippen MR) is 119 cm³/mol. The number of hydrogen-bond donors (Lipinski definition) is 1. The minimum Gasteiger partial charge on any atom is -0.434 e. The lowest BCUT2D eigenvalue weighted by Crippen LogP contribution is -2.43. The van der Waals surface area contributed by atoms with Gasteiger partial charge in [0.05, 0.1) is 5.56 Å². The highest BCUT2D eigenvalue weighted by Gasteiger charge is 2.35. The molecule has 2 amide bonds. The van der Waals surface area contributed by atoms with E-state index in [0.29, 0.717) is 25.1 Å². The normalized spacial score (nSPS) is 15.5. The fourth-order valence-electron chi connectivity index (χ4n) is 3.95. The molecule has 1 unspecified atom stereocenters. The number of nitrogens with one attached hydrogen (secondary N) is 1. The van der Waals surface area contributed by atoms with Gasteiger partial charge >= 0.3 is 6.61 Å². The van der Waals surface area contributed by atoms with Crippen LogP contribution in [0.3, 0.4) is 0 Å². The zero-order chi connectivity index (χ0) is 23.2. The number of aromatic nitrogens is 1. The number of benzene rings is 2. The van der Waals surface area contributed by atoms with E-state index in [2.05, 4.69) is 15.0 Å². The van der Waals surface area contributed by atoms with Crippen LogP contribution in [0.25, 0.3) is 0 Å². The Kier molecular flexibility index (Phi) is 6.92. The molecule has 0 aliphatic carbocycles. The van der Waals surface area contributed by atoms with Gasteiger partial charge < -0.3 is 15.0 Å². The van der Waals surface area contributed by atoms with Crippen LogP contribution in [0.15, 0.2) is 73.1 Å². The lowest BCUT2D eigenvalue weighted by Gasteiger charge is -2.25. The maximum absolute atomic E-state index is 13.1. The molecule has 1 fully saturated rings. The number of carbonyl (C=O) groups excluding carboxylic acids is 2. The maximum Gasteiger partial charge on any atom is 0.387 e. The minimum atomic E-state index is -3.04. The van der Waals surface area contributed by atoms with Crippen LogP contribution in [0.5, 0.6) is 5.75 Å². The number of rotatable bonds is 7. The molecule has 0 radical (unpaired) electrons. The van der Waals surface area contributed by atoms with Crippen LogP contribution >= 0.6 is 0 Å². The second-order valence-electron chi connectivity index (χ2n) is 7.75. The van der Waals surface area contributed by atoms with Crippen LogP contribution in [0.2, 0.25) is 0 Å². The summed E-state index contributed by atoms with van der Waals surface area (Å²) in [5.41, 5.74) is 2.86. The third-order valence-corrected chi connectivity index (χ3v) is 5.53. The van der Waals surface area contributed by atoms with Crippen molar-refractivity contribution < 1.29 is 23.1 Å². The zero-order valence-electron chi connectivity index (χ0n) is 17.8. The lowest BCUT2D eigenvalue weighted by atomic mass is 10.1. The Labute approximate surface area is 190 Å². The largest absolute Gasteiger partial charge is 0.434 e. The van der Waals surface area contributed by atoms with Crippen LogP contribution in [-0.4, -0.2) is 40.9 Å². The van der Waals surface area contributed by atoms with Crippen molar-refractivity contribution in [2.75, 3.05) is 11.9 Å². The van der Waals surface area contributed by atoms with Gasteiger partial charge in [0.15, 0.2) is 0 Å². The van der Waals surface area contributed by atoms with Crippen molar-refractivity contribution in [1.82, 2.24) is 9.88 Å². The molecule has 1 aromatic heterocycles. The summed E-state index contributed by atoms with van der Waals surface area (Å²) in [5.74, 6) is -1.01. The van der Waals surface area contributed by atoms with Gasteiger partial charge in [-0.1, -0.05) is 24.3 Å². The van der Waals surface area contributed by atoms with Crippen molar-refractivity contribution in [1.29, 1.82) is 0 Å². The van der Waals surface area contributed by atoms with E-state index in [1.807, 2.05) is 36.4 Å². The highest BCUT2D eigenvalue weighted by Crippen LogP contribution is 2.27. The van der Waals surface area contributed by atoms with Crippen LogP contribution in [0.1, 0.15) is 34.3 Å². The molecule has 2 aromatic carbocycles. The Morgan fingerprint density at radius 2 is 1.73 bits per heavy atom. The van der Waals surface area contributed by atoms with E-state index in [4.69, 9.17) is 0 Å². The van der Waals surface area contributed by atoms with Gasteiger partial charge in [-0.3, -0.25) is 14.6 Å². The number of nitrogens with zero attached hydrogens (tertiary/aromatic N) is 2. The summed E-state index contributed by atoms with van der Waals surface area (Å²) in [5, 5.41) is 2.86. The Hall–Kier alpha value is -3.81. The zero-order valence-corrected chi connectivity index (χ0v) is 17.8. The first-order valence-corrected chi connectivity index (χ1v) is 10.6. The Morgan fingerprint density at radius 1 is 1.03 bits per heavy atom. The molecule has 0 bridgehead atoms. The van der Waals surface area contributed by atoms with E-state index in [-0.39, 0.29) is 17.2 Å². The number of anilines is 1. The monoisotopic (exact) mass is 451 g/mol. The minimum absolute atomic E-state index is 0.0120. The Balaban J connectivity index is 1.42. The molecule has 8 heteroatoms. The Bertz CT molecular complexity index is 1110. The molecule has 1 saturated heterocycles. The number of likely N-dealkylation sites (tertiary alicyclic amines) is 1. The summed E-state index contributed by atoms with van der Waals surface area (Å²) in [4.78, 5) is 31.4. The van der Waals surface area contributed by atoms with Gasteiger partial charge in [0.25, 0.3) is 5.91 Å². The van der Waals surface area contributed by atoms with Gasteiger partial charge in [-0.05, 0) is 66.8 Å². The van der Waals surface area contributed by atoms with E-state index >= 15 is 0 Å². The number of carbonyl (C=O) groups is 2. The van der Waals surface area contributed by atoms with Gasteiger partial charge in [-0.15, -0.1) is 0 Å². The summed E-state index contributed by atoms with van der Waals surface area (Å²) in [6.07, 6.45) is 5.39. The summed E-state index contributed by atoms with van der Waals surface area (Å²) >= 11 is 0. The average Bonchev–Trinajstić information content (AvgIpc) is 3.31.